The summed E-state index contributed by atoms with van der Waals surface area (Å²) < 4.78 is 0. The Morgan fingerprint density at radius 3 is 2.58 bits per heavy atom. The van der Waals surface area contributed by atoms with E-state index in [1.54, 1.807) is 0 Å². The van der Waals surface area contributed by atoms with Crippen molar-refractivity contribution < 1.29 is 0 Å². The quantitative estimate of drug-likeness (QED) is 0.781. The van der Waals surface area contributed by atoms with E-state index in [0.29, 0.717) is 12.1 Å². The molecule has 0 saturated carbocycles. The molecule has 1 N–H and O–H groups in total. The molecule has 0 amide bonds. The van der Waals surface area contributed by atoms with Crippen LogP contribution in [0.15, 0.2) is 18.2 Å². The summed E-state index contributed by atoms with van der Waals surface area (Å²) >= 11 is 0. The summed E-state index contributed by atoms with van der Waals surface area (Å²) in [5.74, 6) is 0. The third-order valence-electron chi connectivity index (χ3n) is 3.71. The van der Waals surface area contributed by atoms with Crippen LogP contribution in [0.3, 0.4) is 0 Å². The molecule has 1 aromatic heterocycles. The van der Waals surface area contributed by atoms with E-state index in [1.165, 1.54) is 6.42 Å². The van der Waals surface area contributed by atoms with Gasteiger partial charge in [0, 0.05) is 30.9 Å². The monoisotopic (exact) mass is 263 g/mol. The van der Waals surface area contributed by atoms with Crippen molar-refractivity contribution in [1.82, 2.24) is 15.2 Å². The zero-order chi connectivity index (χ0) is 14.3. The molecule has 1 rings (SSSR count). The zero-order valence-corrected chi connectivity index (χ0v) is 13.1. The normalized spacial score (nSPS) is 14.6. The highest BCUT2D eigenvalue weighted by molar-refractivity contribution is 5.09. The minimum atomic E-state index is 0.529. The first-order valence-corrected chi connectivity index (χ1v) is 7.46. The second kappa shape index (κ2) is 8.28. The lowest BCUT2D eigenvalue weighted by Gasteiger charge is -2.29. The van der Waals surface area contributed by atoms with E-state index >= 15 is 0 Å². The second-order valence-electron chi connectivity index (χ2n) is 5.40. The summed E-state index contributed by atoms with van der Waals surface area (Å²) in [7, 11) is 0. The van der Waals surface area contributed by atoms with Crippen LogP contribution in [0.5, 0.6) is 0 Å². The van der Waals surface area contributed by atoms with Gasteiger partial charge in [0.15, 0.2) is 0 Å². The number of hydrogen-bond acceptors (Lipinski definition) is 3. The largest absolute Gasteiger partial charge is 0.313 e. The number of aromatic nitrogens is 1. The summed E-state index contributed by atoms with van der Waals surface area (Å²) in [6.07, 6.45) is 1.18. The predicted octanol–water partition coefficient (Wildman–Crippen LogP) is 2.99. The van der Waals surface area contributed by atoms with Gasteiger partial charge in [-0.3, -0.25) is 9.88 Å². The molecule has 1 aromatic rings. The predicted molar refractivity (Wildman–Crippen MR) is 82.3 cm³/mol. The van der Waals surface area contributed by atoms with Crippen LogP contribution < -0.4 is 5.32 Å². The standard InChI is InChI=1S/C16H29N3/c1-6-13(3)17-11-15(5)19(7-2)12-16-10-8-9-14(4)18-16/h8-10,13,15,17H,6-7,11-12H2,1-5H3. The van der Waals surface area contributed by atoms with Crippen molar-refractivity contribution in [3.05, 3.63) is 29.6 Å². The topological polar surface area (TPSA) is 28.2 Å². The van der Waals surface area contributed by atoms with Gasteiger partial charge >= 0.3 is 0 Å². The lowest BCUT2D eigenvalue weighted by atomic mass is 10.2. The van der Waals surface area contributed by atoms with E-state index in [2.05, 4.69) is 55.0 Å². The van der Waals surface area contributed by atoms with E-state index in [4.69, 9.17) is 0 Å². The molecule has 3 nitrogen and oxygen atoms in total. The van der Waals surface area contributed by atoms with Crippen LogP contribution >= 0.6 is 0 Å². The van der Waals surface area contributed by atoms with Gasteiger partial charge in [0.25, 0.3) is 0 Å². The highest BCUT2D eigenvalue weighted by atomic mass is 15.2. The van der Waals surface area contributed by atoms with Crippen molar-refractivity contribution in [1.29, 1.82) is 0 Å². The Morgan fingerprint density at radius 1 is 1.26 bits per heavy atom. The van der Waals surface area contributed by atoms with Crippen LogP contribution in [0.1, 0.15) is 45.5 Å². The molecule has 108 valence electrons. The fraction of sp³-hybridized carbons (Fsp3) is 0.688. The fourth-order valence-corrected chi connectivity index (χ4v) is 2.12. The highest BCUT2D eigenvalue weighted by Gasteiger charge is 2.13. The van der Waals surface area contributed by atoms with E-state index in [9.17, 15) is 0 Å². The Balaban J connectivity index is 2.52. The van der Waals surface area contributed by atoms with Crippen LogP contribution in [0.4, 0.5) is 0 Å². The van der Waals surface area contributed by atoms with E-state index < -0.39 is 0 Å². The maximum Gasteiger partial charge on any atom is 0.0547 e. The van der Waals surface area contributed by atoms with E-state index in [0.717, 1.165) is 31.0 Å². The number of nitrogens with one attached hydrogen (secondary N) is 1. The average molecular weight is 263 g/mol. The van der Waals surface area contributed by atoms with Gasteiger partial charge in [-0.2, -0.15) is 0 Å². The molecule has 3 heteroatoms. The van der Waals surface area contributed by atoms with Gasteiger partial charge in [-0.25, -0.2) is 0 Å². The Morgan fingerprint density at radius 2 is 2.00 bits per heavy atom. The summed E-state index contributed by atoms with van der Waals surface area (Å²) in [6.45, 7) is 14.0. The molecule has 0 fully saturated rings. The number of rotatable bonds is 8. The lowest BCUT2D eigenvalue weighted by Crippen LogP contribution is -2.42. The molecular weight excluding hydrogens is 234 g/mol. The van der Waals surface area contributed by atoms with Crippen molar-refractivity contribution in [2.75, 3.05) is 13.1 Å². The van der Waals surface area contributed by atoms with Crippen molar-refractivity contribution >= 4 is 0 Å². The molecule has 0 saturated heterocycles. The SMILES string of the molecule is CCC(C)NCC(C)N(CC)Cc1cccc(C)n1. The lowest BCUT2D eigenvalue weighted by molar-refractivity contribution is 0.200. The Kier molecular flexibility index (Phi) is 7.03. The van der Waals surface area contributed by atoms with Gasteiger partial charge in [-0.15, -0.1) is 0 Å². The van der Waals surface area contributed by atoms with Crippen LogP contribution in [0.25, 0.3) is 0 Å². The summed E-state index contributed by atoms with van der Waals surface area (Å²) in [4.78, 5) is 7.06. The first-order valence-electron chi connectivity index (χ1n) is 7.46. The minimum Gasteiger partial charge on any atom is -0.313 e. The summed E-state index contributed by atoms with van der Waals surface area (Å²) in [5.41, 5.74) is 2.26. The smallest absolute Gasteiger partial charge is 0.0547 e. The van der Waals surface area contributed by atoms with Gasteiger partial charge in [0.2, 0.25) is 0 Å². The molecule has 0 aliphatic heterocycles. The minimum absolute atomic E-state index is 0.529. The molecule has 0 spiro atoms. The van der Waals surface area contributed by atoms with E-state index in [-0.39, 0.29) is 0 Å². The third kappa shape index (κ3) is 5.70. The van der Waals surface area contributed by atoms with Crippen molar-refractivity contribution in [3.8, 4) is 0 Å². The molecule has 0 radical (unpaired) electrons. The van der Waals surface area contributed by atoms with Crippen molar-refractivity contribution in [2.24, 2.45) is 0 Å². The molecule has 2 unspecified atom stereocenters. The van der Waals surface area contributed by atoms with Crippen LogP contribution in [0.2, 0.25) is 0 Å². The van der Waals surface area contributed by atoms with Gasteiger partial charge < -0.3 is 5.32 Å². The number of hydrogen-bond donors (Lipinski definition) is 1. The average Bonchev–Trinajstić information content (AvgIpc) is 2.41. The number of aryl methyl sites for hydroxylation is 1. The Hall–Kier alpha value is -0.930. The Labute approximate surface area is 118 Å². The summed E-state index contributed by atoms with van der Waals surface area (Å²) in [6, 6.07) is 7.38. The fourth-order valence-electron chi connectivity index (χ4n) is 2.12. The van der Waals surface area contributed by atoms with Crippen LogP contribution in [-0.4, -0.2) is 35.1 Å². The second-order valence-corrected chi connectivity index (χ2v) is 5.40. The highest BCUT2D eigenvalue weighted by Crippen LogP contribution is 2.07. The van der Waals surface area contributed by atoms with Gasteiger partial charge in [0.1, 0.15) is 0 Å². The summed E-state index contributed by atoms with van der Waals surface area (Å²) in [5, 5.41) is 3.58. The first-order chi connectivity index (χ1) is 9.06. The Bertz CT molecular complexity index is 365. The molecule has 19 heavy (non-hydrogen) atoms. The first kappa shape index (κ1) is 16.1. The third-order valence-corrected chi connectivity index (χ3v) is 3.71. The van der Waals surface area contributed by atoms with Crippen molar-refractivity contribution in [3.63, 3.8) is 0 Å². The zero-order valence-electron chi connectivity index (χ0n) is 13.1. The molecule has 1 heterocycles. The maximum atomic E-state index is 4.59. The maximum absolute atomic E-state index is 4.59. The molecule has 0 bridgehead atoms. The van der Waals surface area contributed by atoms with Crippen LogP contribution in [0, 0.1) is 6.92 Å². The molecular formula is C16H29N3. The number of nitrogens with zero attached hydrogens (tertiary/aromatic N) is 2. The number of pyridine rings is 1. The molecule has 2 atom stereocenters. The van der Waals surface area contributed by atoms with E-state index in [1.807, 2.05) is 13.0 Å². The number of likely N-dealkylation sites (N-methyl/N-ethyl adjacent to an activating group) is 1. The van der Waals surface area contributed by atoms with Crippen molar-refractivity contribution in [2.45, 2.75) is 59.7 Å². The molecule has 0 aliphatic rings. The van der Waals surface area contributed by atoms with Crippen LogP contribution in [-0.2, 0) is 6.54 Å². The van der Waals surface area contributed by atoms with Gasteiger partial charge in [-0.1, -0.05) is 19.9 Å². The van der Waals surface area contributed by atoms with Gasteiger partial charge in [0.05, 0.1) is 5.69 Å². The van der Waals surface area contributed by atoms with Gasteiger partial charge in [-0.05, 0) is 45.9 Å². The molecule has 0 aliphatic carbocycles. The molecule has 0 aromatic carbocycles.